The molecule has 224 valence electrons. The van der Waals surface area contributed by atoms with Crippen molar-refractivity contribution in [3.05, 3.63) is 11.8 Å². The number of carbonyl (C=O) groups is 2. The van der Waals surface area contributed by atoms with Crippen LogP contribution in [0.1, 0.15) is 65.2 Å². The van der Waals surface area contributed by atoms with E-state index in [4.69, 9.17) is 10.5 Å². The molecule has 6 aliphatic rings. The van der Waals surface area contributed by atoms with E-state index in [-0.39, 0.29) is 53.3 Å². The van der Waals surface area contributed by atoms with Gasteiger partial charge in [0.2, 0.25) is 0 Å². The van der Waals surface area contributed by atoms with Crippen molar-refractivity contribution in [3.8, 4) is 0 Å². The van der Waals surface area contributed by atoms with Crippen LogP contribution in [0.4, 0.5) is 4.39 Å². The van der Waals surface area contributed by atoms with E-state index in [1.165, 1.54) is 25.7 Å². The Morgan fingerprint density at radius 2 is 1.88 bits per heavy atom. The van der Waals surface area contributed by atoms with Crippen molar-refractivity contribution in [1.82, 2.24) is 20.0 Å². The lowest BCUT2D eigenvalue weighted by Crippen LogP contribution is -2.73. The summed E-state index contributed by atoms with van der Waals surface area (Å²) < 4.78 is 23.1. The normalized spacial score (nSPS) is 41.7. The van der Waals surface area contributed by atoms with E-state index in [9.17, 15) is 9.59 Å². The van der Waals surface area contributed by atoms with Gasteiger partial charge in [-0.1, -0.05) is 39.5 Å². The van der Waals surface area contributed by atoms with Gasteiger partial charge in [0.05, 0.1) is 35.9 Å². The molecule has 0 aromatic carbocycles. The zero-order chi connectivity index (χ0) is 28.3. The van der Waals surface area contributed by atoms with Crippen LogP contribution in [-0.2, 0) is 14.3 Å². The third-order valence-electron chi connectivity index (χ3n) is 10.8. The Balaban J connectivity index is 1.31. The van der Waals surface area contributed by atoms with Crippen molar-refractivity contribution < 1.29 is 18.7 Å². The highest BCUT2D eigenvalue weighted by atomic mass is 19.1. The maximum absolute atomic E-state index is 16.1. The first-order valence-electron chi connectivity index (χ1n) is 15.8. The second-order valence-corrected chi connectivity index (χ2v) is 14.8. The van der Waals surface area contributed by atoms with Gasteiger partial charge in [-0.05, 0) is 57.0 Å². The van der Waals surface area contributed by atoms with Crippen molar-refractivity contribution in [2.24, 2.45) is 28.9 Å². The second-order valence-electron chi connectivity index (χ2n) is 14.8. The summed E-state index contributed by atoms with van der Waals surface area (Å²) >= 11 is 0. The zero-order valence-corrected chi connectivity index (χ0v) is 24.9. The molecule has 10 unspecified atom stereocenters. The lowest BCUT2D eigenvalue weighted by atomic mass is 9.64. The van der Waals surface area contributed by atoms with Gasteiger partial charge < -0.3 is 25.6 Å². The fourth-order valence-electron chi connectivity index (χ4n) is 9.28. The molecule has 0 spiro atoms. The standard InChI is InChI=1S/C31H50FN5O3/c1-31(2,17-35(3)4)16-34-30(39)22-15-37-24-11-18-7-5-6-8-19(18)12-25(24)40-29-26(37)21(28(22)38)13-23(32)27(29)36-10-9-20(33)14-36/h15,18-21,23-27,29H,5-14,16-17,33H2,1-4H3,(H,34,39). The van der Waals surface area contributed by atoms with Gasteiger partial charge >= 0.3 is 0 Å². The molecule has 0 bridgehead atoms. The predicted octanol–water partition coefficient (Wildman–Crippen LogP) is 2.32. The smallest absolute Gasteiger partial charge is 0.256 e. The van der Waals surface area contributed by atoms with Crippen LogP contribution in [0.15, 0.2) is 11.8 Å². The molecule has 5 fully saturated rings. The Bertz CT molecular complexity index is 1020. The third kappa shape index (κ3) is 5.25. The molecule has 40 heavy (non-hydrogen) atoms. The van der Waals surface area contributed by atoms with Crippen LogP contribution >= 0.6 is 0 Å². The summed E-state index contributed by atoms with van der Waals surface area (Å²) in [7, 11) is 4.03. The zero-order valence-electron chi connectivity index (χ0n) is 24.9. The number of nitrogens with one attached hydrogen (secondary N) is 1. The number of hydrogen-bond donors (Lipinski definition) is 2. The van der Waals surface area contributed by atoms with Crippen LogP contribution in [0.25, 0.3) is 0 Å². The van der Waals surface area contributed by atoms with E-state index in [0.29, 0.717) is 24.9 Å². The minimum Gasteiger partial charge on any atom is -0.369 e. The van der Waals surface area contributed by atoms with Gasteiger partial charge in [-0.2, -0.15) is 0 Å². The number of amides is 1. The van der Waals surface area contributed by atoms with Crippen molar-refractivity contribution in [2.45, 2.75) is 108 Å². The Kier molecular flexibility index (Phi) is 7.81. The molecule has 0 aromatic heterocycles. The van der Waals surface area contributed by atoms with Gasteiger partial charge in [-0.25, -0.2) is 4.39 Å². The summed E-state index contributed by atoms with van der Waals surface area (Å²) in [5, 5.41) is 3.06. The van der Waals surface area contributed by atoms with Gasteiger partial charge in [0.1, 0.15) is 6.17 Å². The van der Waals surface area contributed by atoms with Crippen molar-refractivity contribution in [2.75, 3.05) is 40.3 Å². The molecule has 0 aromatic rings. The molecule has 3 heterocycles. The summed E-state index contributed by atoms with van der Waals surface area (Å²) in [6.07, 6.45) is 8.33. The first-order chi connectivity index (χ1) is 19.0. The number of nitrogens with two attached hydrogens (primary N) is 1. The first kappa shape index (κ1) is 28.6. The lowest BCUT2D eigenvalue weighted by Gasteiger charge is -2.61. The maximum atomic E-state index is 16.1. The van der Waals surface area contributed by atoms with Gasteiger partial charge in [0.15, 0.2) is 5.78 Å². The molecule has 9 heteroatoms. The van der Waals surface area contributed by atoms with Crippen molar-refractivity contribution >= 4 is 11.7 Å². The van der Waals surface area contributed by atoms with Crippen LogP contribution in [0, 0.1) is 23.2 Å². The molecule has 3 N–H and O–H groups in total. The number of carbonyl (C=O) groups excluding carboxylic acids is 2. The predicted molar refractivity (Wildman–Crippen MR) is 152 cm³/mol. The lowest BCUT2D eigenvalue weighted by molar-refractivity contribution is -0.219. The Hall–Kier alpha value is -1.55. The van der Waals surface area contributed by atoms with E-state index >= 15 is 4.39 Å². The molecule has 6 rings (SSSR count). The minimum absolute atomic E-state index is 0.00175. The van der Waals surface area contributed by atoms with E-state index < -0.39 is 24.2 Å². The van der Waals surface area contributed by atoms with E-state index in [2.05, 4.69) is 33.9 Å². The second kappa shape index (κ2) is 10.9. The van der Waals surface area contributed by atoms with Gasteiger partial charge in [0, 0.05) is 44.3 Å². The largest absolute Gasteiger partial charge is 0.369 e. The molecule has 3 aliphatic carbocycles. The average molecular weight is 560 g/mol. The molecule has 8 nitrogen and oxygen atoms in total. The molecular formula is C31H50FN5O3. The van der Waals surface area contributed by atoms with E-state index in [1.54, 1.807) is 0 Å². The fraction of sp³-hybridized carbons (Fsp3) is 0.871. The highest BCUT2D eigenvalue weighted by molar-refractivity contribution is 6.20. The molecule has 1 amide bonds. The average Bonchev–Trinajstić information content (AvgIpc) is 3.32. The Morgan fingerprint density at radius 3 is 2.55 bits per heavy atom. The third-order valence-corrected chi connectivity index (χ3v) is 10.8. The molecule has 3 aliphatic heterocycles. The number of hydrogen-bond acceptors (Lipinski definition) is 7. The summed E-state index contributed by atoms with van der Waals surface area (Å²) in [5.74, 6) is 0.195. The van der Waals surface area contributed by atoms with Crippen molar-refractivity contribution in [1.29, 1.82) is 0 Å². The summed E-state index contributed by atoms with van der Waals surface area (Å²) in [6.45, 7) is 6.93. The van der Waals surface area contributed by atoms with E-state index in [1.807, 2.05) is 20.3 Å². The van der Waals surface area contributed by atoms with Gasteiger partial charge in [-0.15, -0.1) is 0 Å². The summed E-state index contributed by atoms with van der Waals surface area (Å²) in [6, 6.07) is -0.452. The maximum Gasteiger partial charge on any atom is 0.256 e. The highest BCUT2D eigenvalue weighted by Crippen LogP contribution is 2.51. The number of morpholine rings is 1. The monoisotopic (exact) mass is 559 g/mol. The fourth-order valence-corrected chi connectivity index (χ4v) is 9.28. The SMILES string of the molecule is CN(C)CC(C)(C)CNC(=O)C1=CN2C3CC4CCCCC4CC3OC3C(N4CCC(N)C4)C(F)CC(C1=O)C32. The van der Waals surface area contributed by atoms with Crippen molar-refractivity contribution in [3.63, 3.8) is 0 Å². The van der Waals surface area contributed by atoms with Crippen LogP contribution < -0.4 is 11.1 Å². The number of alkyl halides is 1. The minimum atomic E-state index is -1.19. The van der Waals surface area contributed by atoms with Crippen LogP contribution in [0.2, 0.25) is 0 Å². The number of ether oxygens (including phenoxy) is 1. The number of halogens is 1. The Morgan fingerprint density at radius 1 is 1.15 bits per heavy atom. The summed E-state index contributed by atoms with van der Waals surface area (Å²) in [5.41, 5.74) is 6.30. The number of likely N-dealkylation sites (tertiary alicyclic amines) is 1. The van der Waals surface area contributed by atoms with Gasteiger partial charge in [0.25, 0.3) is 5.91 Å². The van der Waals surface area contributed by atoms with Crippen LogP contribution in [-0.4, -0.2) is 109 Å². The Labute approximate surface area is 239 Å². The number of Topliss-reactive ketones (excluding diaryl/α,β-unsaturated/α-hetero) is 1. The van der Waals surface area contributed by atoms with Crippen LogP contribution in [0.3, 0.4) is 0 Å². The number of nitrogens with zero attached hydrogens (tertiary/aromatic N) is 3. The molecule has 0 radical (unpaired) electrons. The molecule has 3 saturated carbocycles. The summed E-state index contributed by atoms with van der Waals surface area (Å²) in [4.78, 5) is 34.1. The number of rotatable bonds is 6. The molecular weight excluding hydrogens is 509 g/mol. The first-order valence-corrected chi connectivity index (χ1v) is 15.8. The van der Waals surface area contributed by atoms with E-state index in [0.717, 1.165) is 32.4 Å². The van der Waals surface area contributed by atoms with Gasteiger partial charge in [-0.3, -0.25) is 14.5 Å². The quantitative estimate of drug-likeness (QED) is 0.483. The molecule has 10 atom stereocenters. The topological polar surface area (TPSA) is 91.1 Å². The number of fused-ring (bicyclic) bond motifs is 3. The molecule has 2 saturated heterocycles. The highest BCUT2D eigenvalue weighted by Gasteiger charge is 2.61. The number of ketones is 1. The van der Waals surface area contributed by atoms with Crippen LogP contribution in [0.5, 0.6) is 0 Å².